The summed E-state index contributed by atoms with van der Waals surface area (Å²) >= 11 is 5.30. The number of thiocarbonyl (C=S) groups is 1. The number of hydrogen-bond donors (Lipinski definition) is 2. The minimum Gasteiger partial charge on any atom is -0.493 e. The Morgan fingerprint density at radius 3 is 2.52 bits per heavy atom. The van der Waals surface area contributed by atoms with E-state index in [-0.39, 0.29) is 11.0 Å². The molecule has 0 aliphatic heterocycles. The Morgan fingerprint density at radius 1 is 1.13 bits per heavy atom. The van der Waals surface area contributed by atoms with Crippen LogP contribution in [0.1, 0.15) is 37.8 Å². The smallest absolute Gasteiger partial charge is 0.231 e. The molecule has 0 heterocycles. The summed E-state index contributed by atoms with van der Waals surface area (Å²) in [5.41, 5.74) is 2.48. The number of benzene rings is 2. The Bertz CT molecular complexity index is 907. The van der Waals surface area contributed by atoms with Crippen LogP contribution in [0.25, 0.3) is 0 Å². The molecule has 2 aromatic rings. The molecule has 0 spiro atoms. The summed E-state index contributed by atoms with van der Waals surface area (Å²) in [7, 11) is 0. The van der Waals surface area contributed by atoms with Crippen LogP contribution in [0.3, 0.4) is 0 Å². The van der Waals surface area contributed by atoms with Gasteiger partial charge >= 0.3 is 0 Å². The minimum atomic E-state index is -0.570. The number of carbonyl (C=O) groups excluding carboxylic acids is 1. The molecule has 0 aliphatic rings. The Hall–Kier alpha value is -2.86. The monoisotopic (exact) mass is 440 g/mol. The van der Waals surface area contributed by atoms with Crippen LogP contribution in [0.5, 0.6) is 11.5 Å². The van der Waals surface area contributed by atoms with Crippen molar-refractivity contribution < 1.29 is 14.3 Å². The molecule has 0 atom stereocenters. The summed E-state index contributed by atoms with van der Waals surface area (Å²) in [6, 6.07) is 13.5. The zero-order valence-corrected chi connectivity index (χ0v) is 19.6. The van der Waals surface area contributed by atoms with Crippen molar-refractivity contribution in [3.05, 3.63) is 66.2 Å². The highest BCUT2D eigenvalue weighted by Crippen LogP contribution is 2.24. The average molecular weight is 441 g/mol. The molecule has 0 saturated carbocycles. The fourth-order valence-corrected chi connectivity index (χ4v) is 3.11. The van der Waals surface area contributed by atoms with Gasteiger partial charge in [0.05, 0.1) is 6.61 Å². The zero-order chi connectivity index (χ0) is 22.9. The number of aryl methyl sites for hydroxylation is 2. The lowest BCUT2D eigenvalue weighted by Crippen LogP contribution is -2.42. The predicted molar refractivity (Wildman–Crippen MR) is 131 cm³/mol. The van der Waals surface area contributed by atoms with Crippen LogP contribution in [0.15, 0.2) is 55.1 Å². The zero-order valence-electron chi connectivity index (χ0n) is 18.8. The molecule has 166 valence electrons. The Balaban J connectivity index is 1.78. The fraction of sp³-hybridized carbons (Fsp3) is 0.360. The lowest BCUT2D eigenvalue weighted by molar-refractivity contribution is -0.128. The molecule has 0 bridgehead atoms. The maximum absolute atomic E-state index is 12.7. The summed E-state index contributed by atoms with van der Waals surface area (Å²) in [5.74, 6) is 1.51. The summed E-state index contributed by atoms with van der Waals surface area (Å²) in [6.07, 6.45) is 3.14. The predicted octanol–water partition coefficient (Wildman–Crippen LogP) is 5.57. The standard InChI is InChI=1S/C25H32N2O3S/c1-6-15-29-21-12-10-20(11-13-21)26-24(31)27-23(28)25(4,5)14-7-16-30-22-17-18(2)8-9-19(22)3/h6,8-13,17H,1,7,14-16H2,2-5H3,(H2,26,27,28,31). The van der Waals surface area contributed by atoms with Gasteiger partial charge in [-0.25, -0.2) is 0 Å². The number of anilines is 1. The van der Waals surface area contributed by atoms with E-state index in [1.54, 1.807) is 6.08 Å². The van der Waals surface area contributed by atoms with Gasteiger partial charge in [-0.3, -0.25) is 4.79 Å². The van der Waals surface area contributed by atoms with Gasteiger partial charge in [0.2, 0.25) is 5.91 Å². The summed E-state index contributed by atoms with van der Waals surface area (Å²) in [5, 5.41) is 6.08. The molecule has 0 radical (unpaired) electrons. The van der Waals surface area contributed by atoms with Crippen LogP contribution in [0, 0.1) is 19.3 Å². The van der Waals surface area contributed by atoms with Crippen molar-refractivity contribution in [3.63, 3.8) is 0 Å². The van der Waals surface area contributed by atoms with Gasteiger partial charge in [-0.15, -0.1) is 0 Å². The van der Waals surface area contributed by atoms with Gasteiger partial charge in [0.15, 0.2) is 5.11 Å². The van der Waals surface area contributed by atoms with E-state index in [2.05, 4.69) is 29.3 Å². The highest BCUT2D eigenvalue weighted by atomic mass is 32.1. The molecule has 0 unspecified atom stereocenters. The number of nitrogens with one attached hydrogen (secondary N) is 2. The second kappa shape index (κ2) is 11.5. The van der Waals surface area contributed by atoms with Gasteiger partial charge in [-0.05, 0) is 80.4 Å². The molecule has 0 saturated heterocycles. The van der Waals surface area contributed by atoms with Crippen molar-refractivity contribution in [2.75, 3.05) is 18.5 Å². The summed E-state index contributed by atoms with van der Waals surface area (Å²) < 4.78 is 11.4. The number of ether oxygens (including phenoxy) is 2. The fourth-order valence-electron chi connectivity index (χ4n) is 2.90. The summed E-state index contributed by atoms with van der Waals surface area (Å²) in [6.45, 7) is 12.5. The molecule has 0 aromatic heterocycles. The van der Waals surface area contributed by atoms with E-state index < -0.39 is 5.41 Å². The number of rotatable bonds is 10. The first-order valence-electron chi connectivity index (χ1n) is 10.4. The van der Waals surface area contributed by atoms with E-state index in [1.165, 1.54) is 5.56 Å². The highest BCUT2D eigenvalue weighted by Gasteiger charge is 2.27. The van der Waals surface area contributed by atoms with Crippen LogP contribution >= 0.6 is 12.2 Å². The van der Waals surface area contributed by atoms with Crippen molar-refractivity contribution in [1.29, 1.82) is 0 Å². The van der Waals surface area contributed by atoms with Gasteiger partial charge in [0.25, 0.3) is 0 Å². The third-order valence-corrected chi connectivity index (χ3v) is 5.07. The molecule has 0 fully saturated rings. The largest absolute Gasteiger partial charge is 0.493 e. The number of hydrogen-bond acceptors (Lipinski definition) is 4. The van der Waals surface area contributed by atoms with Gasteiger partial charge < -0.3 is 20.1 Å². The van der Waals surface area contributed by atoms with E-state index in [4.69, 9.17) is 21.7 Å². The Labute approximate surface area is 190 Å². The van der Waals surface area contributed by atoms with Crippen molar-refractivity contribution >= 4 is 28.9 Å². The Morgan fingerprint density at radius 2 is 1.84 bits per heavy atom. The van der Waals surface area contributed by atoms with Gasteiger partial charge in [0.1, 0.15) is 18.1 Å². The minimum absolute atomic E-state index is 0.123. The number of amides is 1. The summed E-state index contributed by atoms with van der Waals surface area (Å²) in [4.78, 5) is 12.7. The molecular weight excluding hydrogens is 408 g/mol. The number of carbonyl (C=O) groups is 1. The van der Waals surface area contributed by atoms with Gasteiger partial charge in [-0.1, -0.05) is 38.6 Å². The maximum Gasteiger partial charge on any atom is 0.231 e. The first kappa shape index (κ1) is 24.4. The molecule has 2 N–H and O–H groups in total. The van der Waals surface area contributed by atoms with Crippen LogP contribution in [0.4, 0.5) is 5.69 Å². The third-order valence-electron chi connectivity index (χ3n) is 4.87. The van der Waals surface area contributed by atoms with Crippen LogP contribution in [-0.2, 0) is 4.79 Å². The van der Waals surface area contributed by atoms with Crippen LogP contribution in [-0.4, -0.2) is 24.2 Å². The topological polar surface area (TPSA) is 59.6 Å². The van der Waals surface area contributed by atoms with Crippen molar-refractivity contribution in [3.8, 4) is 11.5 Å². The SMILES string of the molecule is C=CCOc1ccc(NC(=S)NC(=O)C(C)(C)CCCOc2cc(C)ccc2C)cc1. The van der Waals surface area contributed by atoms with Crippen LogP contribution in [0.2, 0.25) is 0 Å². The van der Waals surface area contributed by atoms with E-state index in [1.807, 2.05) is 58.0 Å². The van der Waals surface area contributed by atoms with E-state index in [0.717, 1.165) is 29.2 Å². The van der Waals surface area contributed by atoms with Crippen molar-refractivity contribution in [2.24, 2.45) is 5.41 Å². The first-order valence-corrected chi connectivity index (χ1v) is 10.8. The molecular formula is C25H32N2O3S. The van der Waals surface area contributed by atoms with E-state index in [9.17, 15) is 4.79 Å². The van der Waals surface area contributed by atoms with Crippen LogP contribution < -0.4 is 20.1 Å². The lowest BCUT2D eigenvalue weighted by atomic mass is 9.87. The maximum atomic E-state index is 12.7. The van der Waals surface area contributed by atoms with E-state index in [0.29, 0.717) is 19.6 Å². The molecule has 1 amide bonds. The normalized spacial score (nSPS) is 10.8. The Kier molecular flexibility index (Phi) is 9.06. The molecule has 5 nitrogen and oxygen atoms in total. The highest BCUT2D eigenvalue weighted by molar-refractivity contribution is 7.80. The average Bonchev–Trinajstić information content (AvgIpc) is 2.73. The second-order valence-electron chi connectivity index (χ2n) is 8.14. The first-order chi connectivity index (χ1) is 14.7. The third kappa shape index (κ3) is 8.06. The lowest BCUT2D eigenvalue weighted by Gasteiger charge is -2.24. The molecule has 2 rings (SSSR count). The second-order valence-corrected chi connectivity index (χ2v) is 8.55. The molecule has 2 aromatic carbocycles. The molecule has 31 heavy (non-hydrogen) atoms. The van der Waals surface area contributed by atoms with Gasteiger partial charge in [0, 0.05) is 11.1 Å². The van der Waals surface area contributed by atoms with Gasteiger partial charge in [-0.2, -0.15) is 0 Å². The quantitative estimate of drug-likeness (QED) is 0.287. The van der Waals surface area contributed by atoms with Crippen molar-refractivity contribution in [2.45, 2.75) is 40.5 Å². The van der Waals surface area contributed by atoms with Crippen molar-refractivity contribution in [1.82, 2.24) is 5.32 Å². The van der Waals surface area contributed by atoms with E-state index >= 15 is 0 Å². The molecule has 0 aliphatic carbocycles. The molecule has 6 heteroatoms.